The van der Waals surface area contributed by atoms with E-state index in [1.165, 1.54) is 12.3 Å². The van der Waals surface area contributed by atoms with Gasteiger partial charge in [-0.05, 0) is 0 Å². The van der Waals surface area contributed by atoms with Gasteiger partial charge in [0.1, 0.15) is 0 Å². The number of aromatic amines is 1. The van der Waals surface area contributed by atoms with Gasteiger partial charge >= 0.3 is 11.7 Å². The van der Waals surface area contributed by atoms with Gasteiger partial charge in [0.25, 0.3) is 5.56 Å². The van der Waals surface area contributed by atoms with Crippen LogP contribution in [0.4, 0.5) is 0 Å². The zero-order chi connectivity index (χ0) is 10.6. The van der Waals surface area contributed by atoms with Gasteiger partial charge in [-0.3, -0.25) is 19.1 Å². The minimum Gasteiger partial charge on any atom is -0.444 e. The Balaban J connectivity index is 2.73. The summed E-state index contributed by atoms with van der Waals surface area (Å²) < 4.78 is 5.79. The first-order valence-electron chi connectivity index (χ1n) is 4.09. The molecule has 0 aromatic carbocycles. The molecule has 1 aromatic rings. The summed E-state index contributed by atoms with van der Waals surface area (Å²) in [6, 6.07) is 1.18. The first-order chi connectivity index (χ1) is 6.63. The fourth-order valence-corrected chi connectivity index (χ4v) is 0.789. The Hall–Kier alpha value is -1.85. The second-order valence-corrected chi connectivity index (χ2v) is 2.58. The maximum Gasteiger partial charge on any atom is 0.331 e. The van der Waals surface area contributed by atoms with Crippen molar-refractivity contribution in [1.29, 1.82) is 0 Å². The van der Waals surface area contributed by atoms with Crippen molar-refractivity contribution in [2.45, 2.75) is 20.1 Å². The first-order valence-corrected chi connectivity index (χ1v) is 4.09. The van der Waals surface area contributed by atoms with E-state index < -0.39 is 17.2 Å². The number of esters is 1. The molecule has 0 atom stereocenters. The number of H-pyrrole nitrogens is 1. The molecule has 0 unspecified atom stereocenters. The topological polar surface area (TPSA) is 81.2 Å². The summed E-state index contributed by atoms with van der Waals surface area (Å²) in [5, 5.41) is 0. The minimum atomic E-state index is -0.596. The predicted molar refractivity (Wildman–Crippen MR) is 47.7 cm³/mol. The fourth-order valence-electron chi connectivity index (χ4n) is 0.789. The van der Waals surface area contributed by atoms with Crippen LogP contribution in [-0.4, -0.2) is 15.5 Å². The molecule has 6 heteroatoms. The van der Waals surface area contributed by atoms with Gasteiger partial charge in [-0.15, -0.1) is 0 Å². The zero-order valence-electron chi connectivity index (χ0n) is 7.65. The van der Waals surface area contributed by atoms with E-state index in [1.807, 2.05) is 4.98 Å². The van der Waals surface area contributed by atoms with Crippen LogP contribution >= 0.6 is 0 Å². The summed E-state index contributed by atoms with van der Waals surface area (Å²) in [6.45, 7) is 1.47. The lowest BCUT2D eigenvalue weighted by Crippen LogP contribution is -2.29. The Labute approximate surface area is 79.1 Å². The van der Waals surface area contributed by atoms with Crippen molar-refractivity contribution in [2.75, 3.05) is 0 Å². The fraction of sp³-hybridized carbons (Fsp3) is 0.375. The van der Waals surface area contributed by atoms with Gasteiger partial charge in [0.05, 0.1) is 0 Å². The summed E-state index contributed by atoms with van der Waals surface area (Å²) in [5.41, 5.74) is -1.07. The Morgan fingerprint density at radius 2 is 2.29 bits per heavy atom. The molecule has 76 valence electrons. The molecule has 1 aromatic heterocycles. The largest absolute Gasteiger partial charge is 0.444 e. The standard InChI is InChI=1S/C8H10N2O4/c1-2-7(12)14-5-10-4-3-6(11)9-8(10)13/h3-4H,2,5H2,1H3,(H,9,11,13). The summed E-state index contributed by atoms with van der Waals surface area (Å²) in [5.74, 6) is -0.400. The Bertz CT molecular complexity index is 431. The molecule has 1 heterocycles. The SMILES string of the molecule is CCC(=O)OCn1ccc(=O)[nH]c1=O. The van der Waals surface area contributed by atoms with Crippen molar-refractivity contribution in [3.63, 3.8) is 0 Å². The summed E-state index contributed by atoms with van der Waals surface area (Å²) >= 11 is 0. The van der Waals surface area contributed by atoms with Crippen molar-refractivity contribution in [1.82, 2.24) is 9.55 Å². The number of carbonyl (C=O) groups excluding carboxylic acids is 1. The number of nitrogens with zero attached hydrogens (tertiary/aromatic N) is 1. The van der Waals surface area contributed by atoms with E-state index in [0.29, 0.717) is 0 Å². The molecule has 0 radical (unpaired) electrons. The molecule has 1 N–H and O–H groups in total. The number of carbonyl (C=O) groups is 1. The van der Waals surface area contributed by atoms with Gasteiger partial charge < -0.3 is 4.74 Å². The maximum absolute atomic E-state index is 11.1. The highest BCUT2D eigenvalue weighted by Gasteiger charge is 2.00. The van der Waals surface area contributed by atoms with Crippen LogP contribution < -0.4 is 11.2 Å². The van der Waals surface area contributed by atoms with Crippen molar-refractivity contribution >= 4 is 5.97 Å². The van der Waals surface area contributed by atoms with Gasteiger partial charge in [-0.2, -0.15) is 0 Å². The average Bonchev–Trinajstić information content (AvgIpc) is 2.16. The second-order valence-electron chi connectivity index (χ2n) is 2.58. The Morgan fingerprint density at radius 1 is 1.57 bits per heavy atom. The highest BCUT2D eigenvalue weighted by Crippen LogP contribution is 1.86. The number of hydrogen-bond acceptors (Lipinski definition) is 4. The lowest BCUT2D eigenvalue weighted by molar-refractivity contribution is -0.147. The number of aromatic nitrogens is 2. The van der Waals surface area contributed by atoms with E-state index in [4.69, 9.17) is 4.74 Å². The second kappa shape index (κ2) is 4.40. The number of ether oxygens (including phenoxy) is 1. The quantitative estimate of drug-likeness (QED) is 0.660. The van der Waals surface area contributed by atoms with E-state index in [1.54, 1.807) is 6.92 Å². The third kappa shape index (κ3) is 2.58. The molecule has 0 bridgehead atoms. The van der Waals surface area contributed by atoms with Crippen LogP contribution in [-0.2, 0) is 16.3 Å². The van der Waals surface area contributed by atoms with Gasteiger partial charge in [0, 0.05) is 18.7 Å². The number of hydrogen-bond donors (Lipinski definition) is 1. The van der Waals surface area contributed by atoms with Crippen LogP contribution in [0.2, 0.25) is 0 Å². The predicted octanol–water partition coefficient (Wildman–Crippen LogP) is -0.553. The van der Waals surface area contributed by atoms with E-state index >= 15 is 0 Å². The van der Waals surface area contributed by atoms with Crippen LogP contribution in [0.25, 0.3) is 0 Å². The minimum absolute atomic E-state index is 0.178. The van der Waals surface area contributed by atoms with Crippen LogP contribution in [0.15, 0.2) is 21.9 Å². The molecule has 6 nitrogen and oxygen atoms in total. The number of rotatable bonds is 3. The molecule has 0 aliphatic carbocycles. The van der Waals surface area contributed by atoms with E-state index in [2.05, 4.69) is 0 Å². The lowest BCUT2D eigenvalue weighted by Gasteiger charge is -2.04. The molecular weight excluding hydrogens is 188 g/mol. The summed E-state index contributed by atoms with van der Waals surface area (Å²) in [7, 11) is 0. The molecule has 0 saturated heterocycles. The Kier molecular flexibility index (Phi) is 3.22. The first kappa shape index (κ1) is 10.2. The highest BCUT2D eigenvalue weighted by atomic mass is 16.5. The van der Waals surface area contributed by atoms with Crippen LogP contribution in [0, 0.1) is 0 Å². The molecule has 0 amide bonds. The monoisotopic (exact) mass is 198 g/mol. The maximum atomic E-state index is 11.1. The third-order valence-electron chi connectivity index (χ3n) is 1.55. The van der Waals surface area contributed by atoms with Gasteiger partial charge in [-0.25, -0.2) is 4.79 Å². The lowest BCUT2D eigenvalue weighted by atomic mass is 10.5. The molecule has 0 aliphatic heterocycles. The van der Waals surface area contributed by atoms with E-state index in [9.17, 15) is 14.4 Å². The summed E-state index contributed by atoms with van der Waals surface area (Å²) in [6.07, 6.45) is 1.52. The highest BCUT2D eigenvalue weighted by molar-refractivity contribution is 5.68. The van der Waals surface area contributed by atoms with Crippen LogP contribution in [0.5, 0.6) is 0 Å². The van der Waals surface area contributed by atoms with Gasteiger partial charge in [0.2, 0.25) is 0 Å². The van der Waals surface area contributed by atoms with E-state index in [0.717, 1.165) is 4.57 Å². The summed E-state index contributed by atoms with van der Waals surface area (Å²) in [4.78, 5) is 34.5. The zero-order valence-corrected chi connectivity index (χ0v) is 7.65. The third-order valence-corrected chi connectivity index (χ3v) is 1.55. The van der Waals surface area contributed by atoms with Gasteiger partial charge in [-0.1, -0.05) is 6.92 Å². The van der Waals surface area contributed by atoms with Gasteiger partial charge in [0.15, 0.2) is 6.73 Å². The molecule has 0 aliphatic rings. The molecule has 0 fully saturated rings. The van der Waals surface area contributed by atoms with Crippen molar-refractivity contribution in [3.8, 4) is 0 Å². The van der Waals surface area contributed by atoms with Crippen LogP contribution in [0.1, 0.15) is 13.3 Å². The van der Waals surface area contributed by atoms with Crippen molar-refractivity contribution in [3.05, 3.63) is 33.1 Å². The Morgan fingerprint density at radius 3 is 2.86 bits per heavy atom. The molecule has 14 heavy (non-hydrogen) atoms. The van der Waals surface area contributed by atoms with Crippen molar-refractivity contribution in [2.24, 2.45) is 0 Å². The molecule has 0 spiro atoms. The van der Waals surface area contributed by atoms with E-state index in [-0.39, 0.29) is 13.2 Å². The smallest absolute Gasteiger partial charge is 0.331 e. The average molecular weight is 198 g/mol. The van der Waals surface area contributed by atoms with Crippen LogP contribution in [0.3, 0.4) is 0 Å². The van der Waals surface area contributed by atoms with Crippen molar-refractivity contribution < 1.29 is 9.53 Å². The molecule has 0 saturated carbocycles. The number of nitrogens with one attached hydrogen (secondary N) is 1. The molecule has 1 rings (SSSR count). The normalized spacial score (nSPS) is 9.79. The molecular formula is C8H10N2O4.